The summed E-state index contributed by atoms with van der Waals surface area (Å²) in [6.45, 7) is 4.70. The first kappa shape index (κ1) is 18.0. The molecular formula is C20H23N7O2. The fourth-order valence-electron chi connectivity index (χ4n) is 4.01. The summed E-state index contributed by atoms with van der Waals surface area (Å²) in [5, 5.41) is 12.3. The molecule has 9 heteroatoms. The molecule has 0 aromatic carbocycles. The first-order chi connectivity index (χ1) is 14.3. The van der Waals surface area contributed by atoms with Gasteiger partial charge in [-0.2, -0.15) is 15.3 Å². The number of ether oxygens (including phenoxy) is 1. The monoisotopic (exact) mass is 393 g/mol. The van der Waals surface area contributed by atoms with Crippen LogP contribution < -0.4 is 4.90 Å². The van der Waals surface area contributed by atoms with Crippen molar-refractivity contribution >= 4 is 17.2 Å². The van der Waals surface area contributed by atoms with Gasteiger partial charge in [0.25, 0.3) is 5.91 Å². The highest BCUT2D eigenvalue weighted by atomic mass is 16.5. The molecule has 1 amide bonds. The molecule has 0 saturated carbocycles. The summed E-state index contributed by atoms with van der Waals surface area (Å²) < 4.78 is 7.31. The van der Waals surface area contributed by atoms with Gasteiger partial charge in [-0.25, -0.2) is 9.50 Å². The van der Waals surface area contributed by atoms with E-state index in [1.807, 2.05) is 21.7 Å². The number of anilines is 1. The molecule has 0 bridgehead atoms. The van der Waals surface area contributed by atoms with Crippen molar-refractivity contribution in [3.63, 3.8) is 0 Å². The molecule has 2 fully saturated rings. The lowest BCUT2D eigenvalue weighted by Crippen LogP contribution is -2.38. The van der Waals surface area contributed by atoms with Crippen molar-refractivity contribution in [1.29, 1.82) is 0 Å². The van der Waals surface area contributed by atoms with Crippen molar-refractivity contribution in [3.05, 3.63) is 48.2 Å². The Balaban J connectivity index is 1.27. The summed E-state index contributed by atoms with van der Waals surface area (Å²) >= 11 is 0. The lowest BCUT2D eigenvalue weighted by atomic mass is 9.96. The van der Waals surface area contributed by atoms with Crippen LogP contribution in [0.15, 0.2) is 36.8 Å². The third kappa shape index (κ3) is 3.65. The molecule has 0 atom stereocenters. The topological polar surface area (TPSA) is 88.8 Å². The minimum absolute atomic E-state index is 0.0106. The quantitative estimate of drug-likeness (QED) is 0.664. The van der Waals surface area contributed by atoms with Crippen LogP contribution in [-0.4, -0.2) is 75.0 Å². The fraction of sp³-hybridized carbons (Fsp3) is 0.450. The lowest BCUT2D eigenvalue weighted by Gasteiger charge is -2.30. The van der Waals surface area contributed by atoms with Crippen LogP contribution in [-0.2, 0) is 4.74 Å². The number of piperidine rings is 1. The van der Waals surface area contributed by atoms with Crippen molar-refractivity contribution in [2.75, 3.05) is 44.3 Å². The van der Waals surface area contributed by atoms with Gasteiger partial charge in [0, 0.05) is 32.1 Å². The van der Waals surface area contributed by atoms with Gasteiger partial charge in [-0.05, 0) is 31.0 Å². The number of hydrogen-bond acceptors (Lipinski definition) is 7. The molecular weight excluding hydrogens is 370 g/mol. The highest BCUT2D eigenvalue weighted by Crippen LogP contribution is 2.27. The third-order valence-corrected chi connectivity index (χ3v) is 5.69. The summed E-state index contributed by atoms with van der Waals surface area (Å²) in [5.41, 5.74) is 2.59. The zero-order valence-corrected chi connectivity index (χ0v) is 16.1. The van der Waals surface area contributed by atoms with Gasteiger partial charge in [0.05, 0.1) is 43.1 Å². The second-order valence-corrected chi connectivity index (χ2v) is 7.46. The van der Waals surface area contributed by atoms with Gasteiger partial charge in [0.1, 0.15) is 0 Å². The van der Waals surface area contributed by atoms with E-state index >= 15 is 0 Å². The van der Waals surface area contributed by atoms with Gasteiger partial charge in [-0.3, -0.25) is 4.79 Å². The largest absolute Gasteiger partial charge is 0.378 e. The second kappa shape index (κ2) is 7.75. The van der Waals surface area contributed by atoms with Crippen LogP contribution in [0.5, 0.6) is 0 Å². The fourth-order valence-corrected chi connectivity index (χ4v) is 4.01. The predicted molar refractivity (Wildman–Crippen MR) is 106 cm³/mol. The number of rotatable bonds is 3. The van der Waals surface area contributed by atoms with Crippen LogP contribution >= 0.6 is 0 Å². The molecule has 0 N–H and O–H groups in total. The molecule has 5 rings (SSSR count). The van der Waals surface area contributed by atoms with E-state index < -0.39 is 0 Å². The van der Waals surface area contributed by atoms with Crippen molar-refractivity contribution in [2.45, 2.75) is 18.8 Å². The normalized spacial score (nSPS) is 18.3. The zero-order valence-electron chi connectivity index (χ0n) is 16.1. The number of carbonyl (C=O) groups is 1. The summed E-state index contributed by atoms with van der Waals surface area (Å²) in [7, 11) is 0. The zero-order chi connectivity index (χ0) is 19.6. The standard InChI is InChI=1S/C20H23N7O2/c28-20(16-3-6-21-22-13-16)26-7-4-15(5-8-26)19-23-18-2-1-17(14-27(18)24-19)25-9-11-29-12-10-25/h1-3,6,13-15H,4-5,7-12H2. The molecule has 0 spiro atoms. The van der Waals surface area contributed by atoms with E-state index in [1.165, 1.54) is 6.20 Å². The molecule has 150 valence electrons. The number of likely N-dealkylation sites (tertiary alicyclic amines) is 1. The molecule has 2 aliphatic heterocycles. The van der Waals surface area contributed by atoms with Crippen molar-refractivity contribution in [1.82, 2.24) is 29.7 Å². The predicted octanol–water partition coefficient (Wildman–Crippen LogP) is 1.38. The maximum Gasteiger partial charge on any atom is 0.255 e. The Hall–Kier alpha value is -3.07. The van der Waals surface area contributed by atoms with Crippen LogP contribution in [0.25, 0.3) is 5.65 Å². The highest BCUT2D eigenvalue weighted by molar-refractivity contribution is 5.93. The lowest BCUT2D eigenvalue weighted by molar-refractivity contribution is 0.0710. The average molecular weight is 393 g/mol. The number of amides is 1. The van der Waals surface area contributed by atoms with Gasteiger partial charge in [-0.15, -0.1) is 0 Å². The minimum Gasteiger partial charge on any atom is -0.378 e. The summed E-state index contributed by atoms with van der Waals surface area (Å²) in [4.78, 5) is 21.5. The molecule has 29 heavy (non-hydrogen) atoms. The maximum atomic E-state index is 12.6. The van der Waals surface area contributed by atoms with Gasteiger partial charge >= 0.3 is 0 Å². The van der Waals surface area contributed by atoms with Gasteiger partial charge < -0.3 is 14.5 Å². The maximum absolute atomic E-state index is 12.6. The molecule has 3 aromatic heterocycles. The van der Waals surface area contributed by atoms with Crippen LogP contribution in [0.3, 0.4) is 0 Å². The Morgan fingerprint density at radius 3 is 2.62 bits per heavy atom. The molecule has 2 saturated heterocycles. The number of nitrogens with zero attached hydrogens (tertiary/aromatic N) is 7. The van der Waals surface area contributed by atoms with Crippen molar-refractivity contribution < 1.29 is 9.53 Å². The number of carbonyl (C=O) groups excluding carboxylic acids is 1. The Labute approximate surface area is 168 Å². The summed E-state index contributed by atoms with van der Waals surface area (Å²) in [6, 6.07) is 5.83. The summed E-state index contributed by atoms with van der Waals surface area (Å²) in [5.74, 6) is 1.14. The molecule has 0 unspecified atom stereocenters. The van der Waals surface area contributed by atoms with E-state index in [2.05, 4.69) is 21.2 Å². The van der Waals surface area contributed by atoms with E-state index in [-0.39, 0.29) is 11.8 Å². The van der Waals surface area contributed by atoms with Gasteiger partial charge in [0.15, 0.2) is 11.5 Å². The Bertz CT molecular complexity index is 992. The average Bonchev–Trinajstić information content (AvgIpc) is 3.23. The summed E-state index contributed by atoms with van der Waals surface area (Å²) in [6.07, 6.45) is 6.83. The van der Waals surface area contributed by atoms with E-state index in [0.717, 1.165) is 56.3 Å². The third-order valence-electron chi connectivity index (χ3n) is 5.69. The molecule has 0 aliphatic carbocycles. The highest BCUT2D eigenvalue weighted by Gasteiger charge is 2.27. The molecule has 2 aliphatic rings. The Morgan fingerprint density at radius 1 is 1.03 bits per heavy atom. The molecule has 5 heterocycles. The number of fused-ring (bicyclic) bond motifs is 1. The minimum atomic E-state index is 0.0106. The first-order valence-corrected chi connectivity index (χ1v) is 10.0. The number of hydrogen-bond donors (Lipinski definition) is 0. The Kier molecular flexibility index (Phi) is 4.81. The number of aromatic nitrogens is 5. The van der Waals surface area contributed by atoms with Crippen LogP contribution in [0.4, 0.5) is 5.69 Å². The van der Waals surface area contributed by atoms with E-state index in [1.54, 1.807) is 12.3 Å². The molecule has 0 radical (unpaired) electrons. The SMILES string of the molecule is O=C(c1ccnnc1)N1CCC(c2nc3ccc(N4CCOCC4)cn3n2)CC1. The van der Waals surface area contributed by atoms with Crippen LogP contribution in [0.1, 0.15) is 34.9 Å². The van der Waals surface area contributed by atoms with Crippen molar-refractivity contribution in [2.24, 2.45) is 0 Å². The number of morpholine rings is 1. The van der Waals surface area contributed by atoms with Crippen LogP contribution in [0, 0.1) is 0 Å². The van der Waals surface area contributed by atoms with Crippen molar-refractivity contribution in [3.8, 4) is 0 Å². The van der Waals surface area contributed by atoms with E-state index in [4.69, 9.17) is 14.8 Å². The van der Waals surface area contributed by atoms with Gasteiger partial charge in [0.2, 0.25) is 0 Å². The molecule has 3 aromatic rings. The van der Waals surface area contributed by atoms with Gasteiger partial charge in [-0.1, -0.05) is 0 Å². The van der Waals surface area contributed by atoms with E-state index in [0.29, 0.717) is 18.7 Å². The van der Waals surface area contributed by atoms with Crippen LogP contribution in [0.2, 0.25) is 0 Å². The number of pyridine rings is 1. The smallest absolute Gasteiger partial charge is 0.255 e. The Morgan fingerprint density at radius 2 is 1.86 bits per heavy atom. The second-order valence-electron chi connectivity index (χ2n) is 7.46. The molecule has 9 nitrogen and oxygen atoms in total. The van der Waals surface area contributed by atoms with E-state index in [9.17, 15) is 4.79 Å². The first-order valence-electron chi connectivity index (χ1n) is 10.0.